The van der Waals surface area contributed by atoms with Crippen molar-refractivity contribution >= 4 is 22.4 Å². The zero-order valence-corrected chi connectivity index (χ0v) is 10.6. The van der Waals surface area contributed by atoms with Gasteiger partial charge in [0.05, 0.1) is 5.92 Å². The fourth-order valence-corrected chi connectivity index (χ4v) is 1.94. The van der Waals surface area contributed by atoms with Crippen LogP contribution in [0.2, 0.25) is 0 Å². The number of fused-ring (bicyclic) bond motifs is 1. The average Bonchev–Trinajstić information content (AvgIpc) is 2.38. The van der Waals surface area contributed by atoms with Gasteiger partial charge in [-0.2, -0.15) is 0 Å². The summed E-state index contributed by atoms with van der Waals surface area (Å²) in [6, 6.07) is 14.0. The zero-order chi connectivity index (χ0) is 13.1. The first kappa shape index (κ1) is 12.4. The van der Waals surface area contributed by atoms with Gasteiger partial charge in [-0.3, -0.25) is 4.79 Å². The summed E-state index contributed by atoms with van der Waals surface area (Å²) in [6.45, 7) is 3.60. The van der Waals surface area contributed by atoms with Crippen LogP contribution in [0.15, 0.2) is 42.5 Å². The zero-order valence-electron chi connectivity index (χ0n) is 10.6. The highest BCUT2D eigenvalue weighted by molar-refractivity contribution is 5.94. The molecule has 0 spiro atoms. The monoisotopic (exact) mass is 243 g/mol. The van der Waals surface area contributed by atoms with E-state index in [4.69, 9.17) is 5.11 Å². The summed E-state index contributed by atoms with van der Waals surface area (Å²) in [5.74, 6) is -1.21. The van der Waals surface area contributed by atoms with Crippen LogP contribution in [0.1, 0.15) is 13.8 Å². The number of hydrogen-bond donors (Lipinski definition) is 2. The van der Waals surface area contributed by atoms with Crippen molar-refractivity contribution in [3.63, 3.8) is 0 Å². The highest BCUT2D eigenvalue weighted by atomic mass is 16.4. The minimum absolute atomic E-state index is 0.117. The van der Waals surface area contributed by atoms with Crippen LogP contribution in [0.25, 0.3) is 10.8 Å². The van der Waals surface area contributed by atoms with Crippen molar-refractivity contribution in [2.24, 2.45) is 5.92 Å². The van der Waals surface area contributed by atoms with Gasteiger partial charge in [-0.05, 0) is 25.3 Å². The van der Waals surface area contributed by atoms with Crippen LogP contribution in [-0.4, -0.2) is 17.1 Å². The third kappa shape index (κ3) is 2.45. The topological polar surface area (TPSA) is 49.3 Å². The first-order chi connectivity index (χ1) is 8.59. The van der Waals surface area contributed by atoms with Crippen molar-refractivity contribution in [3.8, 4) is 0 Å². The summed E-state index contributed by atoms with van der Waals surface area (Å²) in [6.07, 6.45) is 0. The Morgan fingerprint density at radius 1 is 1.11 bits per heavy atom. The molecule has 2 N–H and O–H groups in total. The number of carbonyl (C=O) groups is 1. The number of aliphatic carboxylic acids is 1. The molecule has 2 unspecified atom stereocenters. The Kier molecular flexibility index (Phi) is 3.51. The molecule has 0 fully saturated rings. The van der Waals surface area contributed by atoms with E-state index >= 15 is 0 Å². The predicted octanol–water partition coefficient (Wildman–Crippen LogP) is 3.36. The Hall–Kier alpha value is -2.03. The quantitative estimate of drug-likeness (QED) is 0.865. The standard InChI is InChI=1S/C15H17NO2/c1-10(15(17)18)11(2)16-14-9-5-7-12-6-3-4-8-13(12)14/h3-11,16H,1-2H3,(H,17,18). The van der Waals surface area contributed by atoms with E-state index in [0.717, 1.165) is 16.5 Å². The summed E-state index contributed by atoms with van der Waals surface area (Å²) in [5.41, 5.74) is 0.980. The van der Waals surface area contributed by atoms with Crippen molar-refractivity contribution in [1.29, 1.82) is 0 Å². The molecule has 0 amide bonds. The van der Waals surface area contributed by atoms with E-state index in [1.54, 1.807) is 6.92 Å². The van der Waals surface area contributed by atoms with Crippen molar-refractivity contribution in [2.75, 3.05) is 5.32 Å². The van der Waals surface area contributed by atoms with Gasteiger partial charge in [-0.15, -0.1) is 0 Å². The van der Waals surface area contributed by atoms with Crippen molar-refractivity contribution < 1.29 is 9.90 Å². The van der Waals surface area contributed by atoms with Gasteiger partial charge in [-0.1, -0.05) is 36.4 Å². The van der Waals surface area contributed by atoms with E-state index in [0.29, 0.717) is 0 Å². The normalized spacial score (nSPS) is 14.1. The van der Waals surface area contributed by atoms with Crippen LogP contribution >= 0.6 is 0 Å². The molecule has 3 nitrogen and oxygen atoms in total. The van der Waals surface area contributed by atoms with Gasteiger partial charge in [0, 0.05) is 17.1 Å². The molecule has 0 aliphatic rings. The molecule has 2 rings (SSSR count). The number of hydrogen-bond acceptors (Lipinski definition) is 2. The minimum atomic E-state index is -0.782. The Bertz CT molecular complexity index is 560. The number of benzene rings is 2. The van der Waals surface area contributed by atoms with Crippen LogP contribution in [0.4, 0.5) is 5.69 Å². The molecule has 0 aliphatic carbocycles. The molecular weight excluding hydrogens is 226 g/mol. The first-order valence-electron chi connectivity index (χ1n) is 6.06. The number of carboxylic acid groups (broad SMARTS) is 1. The molecule has 0 radical (unpaired) electrons. The number of rotatable bonds is 4. The van der Waals surface area contributed by atoms with Gasteiger partial charge in [0.2, 0.25) is 0 Å². The SMILES string of the molecule is CC(Nc1cccc2ccccc12)C(C)C(=O)O. The summed E-state index contributed by atoms with van der Waals surface area (Å²) >= 11 is 0. The maximum atomic E-state index is 11.0. The maximum Gasteiger partial charge on any atom is 0.308 e. The lowest BCUT2D eigenvalue weighted by molar-refractivity contribution is -0.141. The Labute approximate surface area is 106 Å². The van der Waals surface area contributed by atoms with Gasteiger partial charge in [0.15, 0.2) is 0 Å². The summed E-state index contributed by atoms with van der Waals surface area (Å²) in [5, 5.41) is 14.6. The second-order valence-corrected chi connectivity index (χ2v) is 4.59. The van der Waals surface area contributed by atoms with Gasteiger partial charge >= 0.3 is 5.97 Å². The molecule has 0 bridgehead atoms. The molecular formula is C15H17NO2. The van der Waals surface area contributed by atoms with E-state index in [-0.39, 0.29) is 6.04 Å². The van der Waals surface area contributed by atoms with E-state index in [9.17, 15) is 4.79 Å². The van der Waals surface area contributed by atoms with Crippen LogP contribution in [-0.2, 0) is 4.79 Å². The van der Waals surface area contributed by atoms with Crippen LogP contribution in [0, 0.1) is 5.92 Å². The van der Waals surface area contributed by atoms with Gasteiger partial charge in [-0.25, -0.2) is 0 Å². The number of anilines is 1. The second kappa shape index (κ2) is 5.08. The third-order valence-electron chi connectivity index (χ3n) is 3.31. The third-order valence-corrected chi connectivity index (χ3v) is 3.31. The molecule has 0 saturated carbocycles. The van der Waals surface area contributed by atoms with Gasteiger partial charge < -0.3 is 10.4 Å². The van der Waals surface area contributed by atoms with E-state index < -0.39 is 11.9 Å². The van der Waals surface area contributed by atoms with Crippen molar-refractivity contribution in [1.82, 2.24) is 0 Å². The molecule has 0 saturated heterocycles. The van der Waals surface area contributed by atoms with E-state index in [2.05, 4.69) is 5.32 Å². The Balaban J connectivity index is 2.29. The number of carboxylic acids is 1. The average molecular weight is 243 g/mol. The highest BCUT2D eigenvalue weighted by Crippen LogP contribution is 2.24. The number of nitrogens with one attached hydrogen (secondary N) is 1. The molecule has 94 valence electrons. The smallest absolute Gasteiger partial charge is 0.308 e. The van der Waals surface area contributed by atoms with E-state index in [1.165, 1.54) is 0 Å². The fourth-order valence-electron chi connectivity index (χ4n) is 1.94. The maximum absolute atomic E-state index is 11.0. The Morgan fingerprint density at radius 3 is 2.50 bits per heavy atom. The first-order valence-corrected chi connectivity index (χ1v) is 6.06. The lowest BCUT2D eigenvalue weighted by Crippen LogP contribution is -2.29. The largest absolute Gasteiger partial charge is 0.481 e. The van der Waals surface area contributed by atoms with Gasteiger partial charge in [0.1, 0.15) is 0 Å². The molecule has 2 aromatic carbocycles. The highest BCUT2D eigenvalue weighted by Gasteiger charge is 2.19. The second-order valence-electron chi connectivity index (χ2n) is 4.59. The molecule has 18 heavy (non-hydrogen) atoms. The van der Waals surface area contributed by atoms with E-state index in [1.807, 2.05) is 49.4 Å². The van der Waals surface area contributed by atoms with Crippen molar-refractivity contribution in [3.05, 3.63) is 42.5 Å². The molecule has 0 aromatic heterocycles. The Morgan fingerprint density at radius 2 is 1.78 bits per heavy atom. The predicted molar refractivity (Wildman–Crippen MR) is 73.8 cm³/mol. The lowest BCUT2D eigenvalue weighted by Gasteiger charge is -2.20. The van der Waals surface area contributed by atoms with Crippen LogP contribution in [0.5, 0.6) is 0 Å². The van der Waals surface area contributed by atoms with Crippen molar-refractivity contribution in [2.45, 2.75) is 19.9 Å². The summed E-state index contributed by atoms with van der Waals surface area (Å²) in [4.78, 5) is 11.0. The molecule has 3 heteroatoms. The summed E-state index contributed by atoms with van der Waals surface area (Å²) < 4.78 is 0. The molecule has 0 heterocycles. The fraction of sp³-hybridized carbons (Fsp3) is 0.267. The molecule has 0 aliphatic heterocycles. The molecule has 2 aromatic rings. The lowest BCUT2D eigenvalue weighted by atomic mass is 10.0. The summed E-state index contributed by atoms with van der Waals surface area (Å²) in [7, 11) is 0. The minimum Gasteiger partial charge on any atom is -0.481 e. The van der Waals surface area contributed by atoms with Crippen LogP contribution < -0.4 is 5.32 Å². The van der Waals surface area contributed by atoms with Gasteiger partial charge in [0.25, 0.3) is 0 Å². The molecule has 2 atom stereocenters. The van der Waals surface area contributed by atoms with Crippen LogP contribution in [0.3, 0.4) is 0 Å².